The molecule has 29 heteroatoms. The molecule has 2 saturated heterocycles. The number of aryl methyl sites for hydroxylation is 2. The fraction of sp³-hybridized carbons (Fsp3) is 0.744. The fourth-order valence-electron chi connectivity index (χ4n) is 15.0. The third-order valence-corrected chi connectivity index (χ3v) is 21.8. The van der Waals surface area contributed by atoms with Gasteiger partial charge in [-0.2, -0.15) is 5.10 Å². The van der Waals surface area contributed by atoms with Crippen LogP contribution in [0.25, 0.3) is 11.0 Å². The van der Waals surface area contributed by atoms with Gasteiger partial charge in [0.2, 0.25) is 5.79 Å². The quantitative estimate of drug-likeness (QED) is 0.0208. The Morgan fingerprint density at radius 3 is 2.12 bits per heavy atom. The second kappa shape index (κ2) is 49.3. The second-order valence-corrected chi connectivity index (χ2v) is 30.5. The Balaban J connectivity index is 0.780. The molecule has 15 atom stereocenters. The molecule has 1 unspecified atom stereocenters. The summed E-state index contributed by atoms with van der Waals surface area (Å²) in [7, 11) is 4.65. The summed E-state index contributed by atoms with van der Waals surface area (Å²) < 4.78 is 74.1. The fourth-order valence-corrected chi connectivity index (χ4v) is 15.0. The highest BCUT2D eigenvalue weighted by molar-refractivity contribution is 6.39. The van der Waals surface area contributed by atoms with Crippen molar-refractivity contribution in [3.63, 3.8) is 0 Å². The zero-order valence-corrected chi connectivity index (χ0v) is 67.6. The molecule has 4 N–H and O–H groups in total. The summed E-state index contributed by atoms with van der Waals surface area (Å²) in [6.07, 6.45) is 22.9. The number of unbranched alkanes of at least 4 members (excludes halogenated alkanes) is 3. The molecule has 3 fully saturated rings. The van der Waals surface area contributed by atoms with E-state index in [2.05, 4.69) is 25.4 Å². The van der Waals surface area contributed by atoms with E-state index in [9.17, 15) is 39.0 Å². The van der Waals surface area contributed by atoms with Crippen LogP contribution in [0.2, 0.25) is 0 Å². The largest absolute Gasteiger partial charge is 0.460 e. The number of allylic oxidation sites excluding steroid dienone is 6. The molecule has 4 aliphatic rings. The van der Waals surface area contributed by atoms with Crippen LogP contribution in [0.3, 0.4) is 0 Å². The number of nitrogens with two attached hydrogens (primary N) is 1. The summed E-state index contributed by atoms with van der Waals surface area (Å²) in [5, 5.41) is 37.5. The number of Topliss-reactive ketones (excluding diaryl/α,β-unsaturated/α-hetero) is 4. The first-order valence-corrected chi connectivity index (χ1v) is 40.4. The van der Waals surface area contributed by atoms with Gasteiger partial charge in [-0.3, -0.25) is 24.0 Å². The Bertz CT molecular complexity index is 3440. The summed E-state index contributed by atoms with van der Waals surface area (Å²) in [5.74, 6) is -7.53. The zero-order valence-electron chi connectivity index (χ0n) is 67.6. The third kappa shape index (κ3) is 30.0. The van der Waals surface area contributed by atoms with E-state index in [-0.39, 0.29) is 66.7 Å². The lowest BCUT2D eigenvalue weighted by atomic mass is 9.78. The van der Waals surface area contributed by atoms with Gasteiger partial charge in [-0.1, -0.05) is 82.7 Å². The second-order valence-electron chi connectivity index (χ2n) is 30.5. The first-order valence-electron chi connectivity index (χ1n) is 40.4. The Morgan fingerprint density at radius 1 is 0.721 bits per heavy atom. The highest BCUT2D eigenvalue weighted by atomic mass is 16.6. The van der Waals surface area contributed by atoms with Crippen molar-refractivity contribution < 1.29 is 95.8 Å². The normalized spacial score (nSPS) is 28.6. The van der Waals surface area contributed by atoms with Crippen LogP contribution in [-0.2, 0) is 105 Å². The molecule has 1 saturated carbocycles. The van der Waals surface area contributed by atoms with Crippen molar-refractivity contribution in [2.75, 3.05) is 119 Å². The number of nitrogens with zero attached hydrogens (tertiary/aromatic N) is 8. The van der Waals surface area contributed by atoms with Crippen LogP contribution < -0.4 is 5.73 Å². The SMILES string of the molecule is CO[C@H]1C[C@@H]2CC[C@@H](C)[C@@](O)(O2)C(=O)C(=O)N2CCCC[C@H]2C(=O)OC([C@H](C)C[C@@H]2CC[C@@H](OCCCCc3cn(CCOCCOCCOCCOCCOCCOCCC(=O)CCCCCn4ncc5c(N)ncnc54)nn3)[C@H](OC)C2)CC(=O)[C@H](C)/C=C(\C)[C@@H](O)[C@@H](OC)C(=O)[C@H](C)C[C@H](C)/C=C/C=C/C=C/1C. The van der Waals surface area contributed by atoms with Crippen LogP contribution >= 0.6 is 0 Å². The van der Waals surface area contributed by atoms with Crippen LogP contribution in [0, 0.1) is 35.5 Å². The van der Waals surface area contributed by atoms with Crippen LogP contribution in [-0.4, -0.2) is 253 Å². The Kier molecular flexibility index (Phi) is 40.8. The summed E-state index contributed by atoms with van der Waals surface area (Å²) >= 11 is 0. The number of ether oxygens (including phenoxy) is 12. The number of rotatable bonds is 39. The molecule has 3 aliphatic heterocycles. The highest BCUT2D eigenvalue weighted by Crippen LogP contribution is 2.39. The Morgan fingerprint density at radius 2 is 1.42 bits per heavy atom. The van der Waals surface area contributed by atoms with Gasteiger partial charge in [-0.15, -0.1) is 5.10 Å². The monoisotopic (exact) mass is 1560 g/mol. The van der Waals surface area contributed by atoms with Crippen molar-refractivity contribution in [3.05, 3.63) is 72.0 Å². The predicted octanol–water partition coefficient (Wildman–Crippen LogP) is 8.86. The van der Waals surface area contributed by atoms with Crippen LogP contribution in [0.5, 0.6) is 0 Å². The number of hydrogen-bond acceptors (Lipinski definition) is 26. The number of esters is 1. The molecule has 2 bridgehead atoms. The van der Waals surface area contributed by atoms with Crippen molar-refractivity contribution in [1.82, 2.24) is 39.6 Å². The number of anilines is 1. The van der Waals surface area contributed by atoms with Gasteiger partial charge in [0.15, 0.2) is 11.4 Å². The number of piperidine rings is 1. The number of aliphatic hydroxyl groups is 2. The average molecular weight is 1560 g/mol. The van der Waals surface area contributed by atoms with E-state index in [0.717, 1.165) is 73.7 Å². The minimum atomic E-state index is -2.46. The third-order valence-electron chi connectivity index (χ3n) is 21.8. The van der Waals surface area contributed by atoms with E-state index < -0.39 is 77.8 Å². The number of methoxy groups -OCH3 is 3. The number of fused-ring (bicyclic) bond motifs is 4. The molecular formula is C82H129N9O20. The number of hydrogen-bond donors (Lipinski definition) is 3. The molecule has 622 valence electrons. The first-order chi connectivity index (χ1) is 53.5. The number of carbonyl (C=O) groups is 6. The minimum absolute atomic E-state index is 0.00166. The van der Waals surface area contributed by atoms with E-state index in [1.807, 2.05) is 69.0 Å². The maximum atomic E-state index is 14.8. The van der Waals surface area contributed by atoms with Crippen molar-refractivity contribution in [2.24, 2.45) is 35.5 Å². The van der Waals surface area contributed by atoms with Gasteiger partial charge in [0.25, 0.3) is 11.7 Å². The smallest absolute Gasteiger partial charge is 0.329 e. The van der Waals surface area contributed by atoms with E-state index in [0.29, 0.717) is 175 Å². The zero-order chi connectivity index (χ0) is 80.1. The van der Waals surface area contributed by atoms with Gasteiger partial charge in [0.1, 0.15) is 48.1 Å². The van der Waals surface area contributed by atoms with Gasteiger partial charge in [0.05, 0.1) is 128 Å². The molecule has 0 aromatic carbocycles. The molecule has 3 aromatic heterocycles. The average Bonchev–Trinajstić information content (AvgIpc) is 1.62. The number of carbonyl (C=O) groups excluding carboxylic acids is 6. The molecule has 1 amide bonds. The first kappa shape index (κ1) is 91.7. The van der Waals surface area contributed by atoms with Crippen LogP contribution in [0.15, 0.2) is 66.3 Å². The lowest BCUT2D eigenvalue weighted by Gasteiger charge is -2.42. The molecule has 0 spiro atoms. The maximum Gasteiger partial charge on any atom is 0.329 e. The molecular weight excluding hydrogens is 1430 g/mol. The highest BCUT2D eigenvalue weighted by Gasteiger charge is 2.53. The number of amides is 1. The summed E-state index contributed by atoms with van der Waals surface area (Å²) in [5.41, 5.74) is 8.75. The standard InChI is InChI=1S/C82H129N9O20/c1-56-21-13-11-14-22-57(2)71(100-8)51-66-28-26-62(7)82(99,111-66)77(96)80(97)90-31-19-16-25-68(90)81(98)110-72(52-69(93)58(3)48-61(6)75(95)76(102-10)74(94)60(5)47-56)59(4)49-63-27-29-70(73(50-63)101-9)109-34-20-17-23-64-54-89(88-87-64)33-36-104-38-40-106-42-44-108-46-45-107-43-41-105-39-37-103-35-30-65(92)24-15-12-18-32-91-79-67(53-86-91)78(83)84-55-85-79/h11,13-14,21-22,48,53-56,58-60,62-63,66,68,70-73,75-76,95,99H,12,15-20,23-47,49-52H2,1-10H3,(H2,83,84,85)/b14-11+,21-13+,57-22+,61-48+/t56-,58-,59-,60-,62-,63+,66+,68+,70-,71+,72?,73-,75-,76+,82-/m1/s1. The van der Waals surface area contributed by atoms with Gasteiger partial charge in [-0.05, 0) is 139 Å². The summed E-state index contributed by atoms with van der Waals surface area (Å²) in [6, 6.07) is -1.17. The number of nitrogen functional groups attached to an aromatic ring is 1. The van der Waals surface area contributed by atoms with Crippen molar-refractivity contribution in [3.8, 4) is 0 Å². The Labute approximate surface area is 656 Å². The lowest BCUT2D eigenvalue weighted by molar-refractivity contribution is -0.265. The van der Waals surface area contributed by atoms with Gasteiger partial charge >= 0.3 is 5.97 Å². The lowest BCUT2D eigenvalue weighted by Crippen LogP contribution is -2.61. The van der Waals surface area contributed by atoms with Crippen LogP contribution in [0.4, 0.5) is 5.82 Å². The molecule has 1 aliphatic carbocycles. The Hall–Kier alpha value is -6.45. The minimum Gasteiger partial charge on any atom is -0.460 e. The number of ketones is 4. The van der Waals surface area contributed by atoms with Crippen LogP contribution in [0.1, 0.15) is 176 Å². The van der Waals surface area contributed by atoms with Gasteiger partial charge < -0.3 is 77.7 Å². The predicted molar refractivity (Wildman–Crippen MR) is 415 cm³/mol. The number of cyclic esters (lactones) is 1. The number of aromatic nitrogens is 7. The molecule has 0 radical (unpaired) electrons. The summed E-state index contributed by atoms with van der Waals surface area (Å²) in [4.78, 5) is 93.9. The number of aliphatic hydroxyl groups excluding tert-OH is 1. The van der Waals surface area contributed by atoms with Gasteiger partial charge in [0, 0.05) is 90.7 Å². The van der Waals surface area contributed by atoms with E-state index in [4.69, 9.17) is 62.6 Å². The summed E-state index contributed by atoms with van der Waals surface area (Å²) in [6.45, 7) is 19.8. The van der Waals surface area contributed by atoms with E-state index in [1.54, 1.807) is 51.9 Å². The molecule has 7 rings (SSSR count). The molecule has 29 nitrogen and oxygen atoms in total. The molecule has 6 heterocycles. The van der Waals surface area contributed by atoms with Crippen molar-refractivity contribution in [1.29, 1.82) is 0 Å². The maximum absolute atomic E-state index is 14.8. The van der Waals surface area contributed by atoms with E-state index in [1.165, 1.54) is 18.3 Å². The molecule has 3 aromatic rings. The van der Waals surface area contributed by atoms with E-state index >= 15 is 0 Å². The van der Waals surface area contributed by atoms with Crippen molar-refractivity contribution >= 4 is 51.9 Å². The molecule has 111 heavy (non-hydrogen) atoms. The topological polar surface area (TPSA) is 357 Å². The van der Waals surface area contributed by atoms with Crippen molar-refractivity contribution in [2.45, 2.75) is 245 Å². The van der Waals surface area contributed by atoms with Gasteiger partial charge in [-0.25, -0.2) is 24.1 Å².